The number of nitrogens with zero attached hydrogens (tertiary/aromatic N) is 4. The lowest BCUT2D eigenvalue weighted by Gasteiger charge is -2.13. The molecule has 0 atom stereocenters. The number of nitrogens with one attached hydrogen (secondary N) is 2. The number of hydrogen-bond donors (Lipinski definition) is 3. The molecule has 1 aromatic carbocycles. The molecule has 0 spiro atoms. The quantitative estimate of drug-likeness (QED) is 0.560. The van der Waals surface area contributed by atoms with Crippen LogP contribution >= 0.6 is 0 Å². The van der Waals surface area contributed by atoms with Gasteiger partial charge in [0.15, 0.2) is 0 Å². The van der Waals surface area contributed by atoms with Crippen molar-refractivity contribution in [1.82, 2.24) is 20.4 Å². The van der Waals surface area contributed by atoms with E-state index in [1.807, 2.05) is 5.43 Å². The first-order valence-corrected chi connectivity index (χ1v) is 6.70. The molecule has 12 heteroatoms. The van der Waals surface area contributed by atoms with Gasteiger partial charge < -0.3 is 10.6 Å². The van der Waals surface area contributed by atoms with Gasteiger partial charge in [-0.15, -0.1) is 0 Å². The molecule has 1 aromatic heterocycles. The van der Waals surface area contributed by atoms with E-state index in [1.54, 1.807) is 14.1 Å². The van der Waals surface area contributed by atoms with Crippen molar-refractivity contribution in [3.63, 3.8) is 0 Å². The molecule has 0 aliphatic rings. The molecule has 0 saturated carbocycles. The molecule has 1 heterocycles. The van der Waals surface area contributed by atoms with Crippen LogP contribution in [0.2, 0.25) is 0 Å². The van der Waals surface area contributed by atoms with Crippen LogP contribution in [0.3, 0.4) is 0 Å². The predicted molar refractivity (Wildman–Crippen MR) is 81.1 cm³/mol. The lowest BCUT2D eigenvalue weighted by atomic mass is 10.2. The Morgan fingerprint density at radius 3 is 2.48 bits per heavy atom. The number of carbonyl (C=O) groups is 1. The van der Waals surface area contributed by atoms with Gasteiger partial charge in [-0.2, -0.15) is 28.1 Å². The van der Waals surface area contributed by atoms with Crippen LogP contribution in [-0.4, -0.2) is 35.0 Å². The molecule has 25 heavy (non-hydrogen) atoms. The number of nitrogen functional groups attached to an aromatic ring is 1. The van der Waals surface area contributed by atoms with Gasteiger partial charge in [0.25, 0.3) is 0 Å². The van der Waals surface area contributed by atoms with Gasteiger partial charge in [0.1, 0.15) is 5.82 Å². The van der Waals surface area contributed by atoms with Gasteiger partial charge in [-0.1, -0.05) is 0 Å². The topological polar surface area (TPSA) is 109 Å². The zero-order valence-electron chi connectivity index (χ0n) is 13.0. The second-order valence-electron chi connectivity index (χ2n) is 4.98. The standard InChI is InChI=1S/C13H13F4N7O/c1-24(2)12-20-9(19-11(18)21-12)10(25)23-22-8-5-6(13(15,16)17)3-4-7(8)14/h3-5,22H,1-2H3,(H,23,25)(H2,18,19,20,21). The highest BCUT2D eigenvalue weighted by molar-refractivity contribution is 5.91. The number of alkyl halides is 3. The number of hydrogen-bond acceptors (Lipinski definition) is 7. The van der Waals surface area contributed by atoms with Crippen molar-refractivity contribution in [2.75, 3.05) is 30.2 Å². The highest BCUT2D eigenvalue weighted by Gasteiger charge is 2.31. The predicted octanol–water partition coefficient (Wildman–Crippen LogP) is 1.43. The van der Waals surface area contributed by atoms with Crippen molar-refractivity contribution in [3.8, 4) is 0 Å². The molecule has 2 rings (SSSR count). The number of hydrazine groups is 1. The molecule has 0 unspecified atom stereocenters. The minimum atomic E-state index is -4.66. The highest BCUT2D eigenvalue weighted by Crippen LogP contribution is 2.31. The summed E-state index contributed by atoms with van der Waals surface area (Å²) >= 11 is 0. The van der Waals surface area contributed by atoms with Crippen LogP contribution in [0.25, 0.3) is 0 Å². The minimum absolute atomic E-state index is 0.0999. The maximum atomic E-state index is 13.6. The Bertz CT molecular complexity index is 794. The molecular formula is C13H13F4N7O. The Morgan fingerprint density at radius 2 is 1.88 bits per heavy atom. The molecule has 134 valence electrons. The Morgan fingerprint density at radius 1 is 1.20 bits per heavy atom. The third kappa shape index (κ3) is 4.43. The number of halogens is 4. The molecule has 4 N–H and O–H groups in total. The highest BCUT2D eigenvalue weighted by atomic mass is 19.4. The van der Waals surface area contributed by atoms with Crippen molar-refractivity contribution in [2.45, 2.75) is 6.18 Å². The van der Waals surface area contributed by atoms with Crippen LogP contribution in [0.4, 0.5) is 35.1 Å². The Kier molecular flexibility index (Phi) is 4.90. The van der Waals surface area contributed by atoms with Crippen molar-refractivity contribution >= 4 is 23.5 Å². The lowest BCUT2D eigenvalue weighted by molar-refractivity contribution is -0.137. The zero-order chi connectivity index (χ0) is 18.8. The van der Waals surface area contributed by atoms with Crippen molar-refractivity contribution in [3.05, 3.63) is 35.4 Å². The van der Waals surface area contributed by atoms with E-state index in [1.165, 1.54) is 4.90 Å². The molecule has 1 amide bonds. The van der Waals surface area contributed by atoms with Crippen molar-refractivity contribution < 1.29 is 22.4 Å². The molecule has 0 bridgehead atoms. The summed E-state index contributed by atoms with van der Waals surface area (Å²) in [5, 5.41) is 0. The van der Waals surface area contributed by atoms with Crippen molar-refractivity contribution in [1.29, 1.82) is 0 Å². The smallest absolute Gasteiger partial charge is 0.368 e. The fraction of sp³-hybridized carbons (Fsp3) is 0.231. The molecule has 0 saturated heterocycles. The van der Waals surface area contributed by atoms with E-state index in [2.05, 4.69) is 20.4 Å². The molecule has 0 radical (unpaired) electrons. The van der Waals surface area contributed by atoms with Gasteiger partial charge in [0, 0.05) is 14.1 Å². The fourth-order valence-corrected chi connectivity index (χ4v) is 1.66. The summed E-state index contributed by atoms with van der Waals surface area (Å²) < 4.78 is 51.5. The van der Waals surface area contributed by atoms with E-state index in [9.17, 15) is 22.4 Å². The Hall–Kier alpha value is -3.18. The fourth-order valence-electron chi connectivity index (χ4n) is 1.66. The maximum Gasteiger partial charge on any atom is 0.416 e. The number of anilines is 3. The molecule has 0 aliphatic carbocycles. The Balaban J connectivity index is 2.18. The maximum absolute atomic E-state index is 13.6. The van der Waals surface area contributed by atoms with Crippen LogP contribution in [0.5, 0.6) is 0 Å². The number of carbonyl (C=O) groups excluding carboxylic acids is 1. The number of aromatic nitrogens is 3. The first-order valence-electron chi connectivity index (χ1n) is 6.70. The largest absolute Gasteiger partial charge is 0.416 e. The lowest BCUT2D eigenvalue weighted by Crippen LogP contribution is -2.32. The van der Waals surface area contributed by atoms with E-state index in [4.69, 9.17) is 5.73 Å². The van der Waals surface area contributed by atoms with Gasteiger partial charge in [-0.25, -0.2) is 4.39 Å². The summed E-state index contributed by atoms with van der Waals surface area (Å²) in [4.78, 5) is 24.7. The van der Waals surface area contributed by atoms with Crippen LogP contribution in [0.15, 0.2) is 18.2 Å². The monoisotopic (exact) mass is 359 g/mol. The zero-order valence-corrected chi connectivity index (χ0v) is 13.0. The van der Waals surface area contributed by atoms with Gasteiger partial charge in [0.05, 0.1) is 11.3 Å². The second-order valence-corrected chi connectivity index (χ2v) is 4.98. The van der Waals surface area contributed by atoms with Gasteiger partial charge >= 0.3 is 12.1 Å². The van der Waals surface area contributed by atoms with Gasteiger partial charge in [-0.05, 0) is 18.2 Å². The average molecular weight is 359 g/mol. The third-order valence-corrected chi connectivity index (χ3v) is 2.85. The van der Waals surface area contributed by atoms with Gasteiger partial charge in [0.2, 0.25) is 17.7 Å². The normalized spacial score (nSPS) is 11.1. The first-order chi connectivity index (χ1) is 11.6. The number of rotatable bonds is 4. The molecule has 0 aliphatic heterocycles. The molecule has 0 fully saturated rings. The van der Waals surface area contributed by atoms with Crippen LogP contribution in [0.1, 0.15) is 16.2 Å². The summed E-state index contributed by atoms with van der Waals surface area (Å²) in [6.45, 7) is 0. The number of amides is 1. The summed E-state index contributed by atoms with van der Waals surface area (Å²) in [6.07, 6.45) is -4.66. The number of benzene rings is 1. The molecular weight excluding hydrogens is 346 g/mol. The van der Waals surface area contributed by atoms with Crippen LogP contribution in [0, 0.1) is 5.82 Å². The van der Waals surface area contributed by atoms with E-state index in [-0.39, 0.29) is 11.9 Å². The first kappa shape index (κ1) is 18.2. The summed E-state index contributed by atoms with van der Waals surface area (Å²) in [5.74, 6) is -2.44. The number of nitrogens with two attached hydrogens (primary N) is 1. The molecule has 8 nitrogen and oxygen atoms in total. The summed E-state index contributed by atoms with van der Waals surface area (Å²) in [5.41, 5.74) is 7.88. The van der Waals surface area contributed by atoms with E-state index < -0.39 is 35.0 Å². The Labute approximate surface area is 139 Å². The van der Waals surface area contributed by atoms with Gasteiger partial charge in [-0.3, -0.25) is 15.6 Å². The summed E-state index contributed by atoms with van der Waals surface area (Å²) in [7, 11) is 3.21. The third-order valence-electron chi connectivity index (χ3n) is 2.85. The van der Waals surface area contributed by atoms with Crippen molar-refractivity contribution in [2.24, 2.45) is 0 Å². The van der Waals surface area contributed by atoms with Crippen LogP contribution < -0.4 is 21.5 Å². The van der Waals surface area contributed by atoms with Crippen LogP contribution in [-0.2, 0) is 6.18 Å². The van der Waals surface area contributed by atoms with E-state index in [0.717, 1.165) is 0 Å². The minimum Gasteiger partial charge on any atom is -0.368 e. The van der Waals surface area contributed by atoms with E-state index in [0.29, 0.717) is 18.2 Å². The average Bonchev–Trinajstić information content (AvgIpc) is 2.52. The molecule has 2 aromatic rings. The van der Waals surface area contributed by atoms with E-state index >= 15 is 0 Å². The SMILES string of the molecule is CN(C)c1nc(N)nc(C(=O)NNc2cc(C(F)(F)F)ccc2F)n1. The second kappa shape index (κ2) is 6.75. The summed E-state index contributed by atoms with van der Waals surface area (Å²) in [6, 6.07) is 1.73.